The Morgan fingerprint density at radius 1 is 1.16 bits per heavy atom. The Balaban J connectivity index is 3.86. The summed E-state index contributed by atoms with van der Waals surface area (Å²) in [4.78, 5) is 11.4. The van der Waals surface area contributed by atoms with Crippen molar-refractivity contribution in [3.8, 4) is 0 Å². The molecule has 0 heterocycles. The highest BCUT2D eigenvalue weighted by Crippen LogP contribution is 2.30. The molecule has 0 aliphatic carbocycles. The standard InChI is InChI=1S/C13H27NO5/c1-11(2)13(10-14,12(15)16)4-5-18-8-9-19-7-6-17-3/h11H,4-10,14H2,1-3H3,(H,15,16). The van der Waals surface area contributed by atoms with E-state index in [2.05, 4.69) is 0 Å². The first-order valence-corrected chi connectivity index (χ1v) is 6.59. The van der Waals surface area contributed by atoms with Crippen LogP contribution >= 0.6 is 0 Å². The number of carboxylic acids is 1. The zero-order valence-corrected chi connectivity index (χ0v) is 12.2. The summed E-state index contributed by atoms with van der Waals surface area (Å²) in [7, 11) is 1.62. The third kappa shape index (κ3) is 6.33. The maximum atomic E-state index is 11.4. The van der Waals surface area contributed by atoms with Crippen LogP contribution in [0, 0.1) is 11.3 Å². The van der Waals surface area contributed by atoms with Gasteiger partial charge in [0.15, 0.2) is 0 Å². The molecular formula is C13H27NO5. The number of ether oxygens (including phenoxy) is 3. The third-order valence-corrected chi connectivity index (χ3v) is 3.39. The molecule has 6 heteroatoms. The van der Waals surface area contributed by atoms with Crippen LogP contribution in [0.4, 0.5) is 0 Å². The van der Waals surface area contributed by atoms with Crippen molar-refractivity contribution in [3.63, 3.8) is 0 Å². The molecule has 0 aromatic rings. The fourth-order valence-corrected chi connectivity index (χ4v) is 1.79. The lowest BCUT2D eigenvalue weighted by Gasteiger charge is -2.31. The molecule has 19 heavy (non-hydrogen) atoms. The Morgan fingerprint density at radius 3 is 2.11 bits per heavy atom. The smallest absolute Gasteiger partial charge is 0.311 e. The molecule has 0 aromatic heterocycles. The van der Waals surface area contributed by atoms with Crippen LogP contribution in [-0.4, -0.2) is 57.8 Å². The van der Waals surface area contributed by atoms with Gasteiger partial charge in [-0.2, -0.15) is 0 Å². The minimum absolute atomic E-state index is 0.0310. The van der Waals surface area contributed by atoms with Gasteiger partial charge in [-0.05, 0) is 12.3 Å². The molecule has 0 aromatic carbocycles. The predicted molar refractivity (Wildman–Crippen MR) is 72.1 cm³/mol. The first-order valence-electron chi connectivity index (χ1n) is 6.59. The quantitative estimate of drug-likeness (QED) is 0.511. The van der Waals surface area contributed by atoms with Gasteiger partial charge in [-0.15, -0.1) is 0 Å². The Kier molecular flexibility index (Phi) is 9.77. The van der Waals surface area contributed by atoms with E-state index in [4.69, 9.17) is 19.9 Å². The van der Waals surface area contributed by atoms with Gasteiger partial charge >= 0.3 is 5.97 Å². The van der Waals surface area contributed by atoms with Crippen LogP contribution in [0.5, 0.6) is 0 Å². The average molecular weight is 277 g/mol. The third-order valence-electron chi connectivity index (χ3n) is 3.39. The van der Waals surface area contributed by atoms with Crippen molar-refractivity contribution in [2.24, 2.45) is 17.1 Å². The molecule has 0 rings (SSSR count). The summed E-state index contributed by atoms with van der Waals surface area (Å²) in [6.45, 7) is 6.25. The maximum absolute atomic E-state index is 11.4. The zero-order valence-electron chi connectivity index (χ0n) is 12.2. The van der Waals surface area contributed by atoms with Crippen molar-refractivity contribution in [2.45, 2.75) is 20.3 Å². The number of carbonyl (C=O) groups is 1. The van der Waals surface area contributed by atoms with Crippen molar-refractivity contribution in [1.82, 2.24) is 0 Å². The van der Waals surface area contributed by atoms with E-state index in [1.54, 1.807) is 7.11 Å². The van der Waals surface area contributed by atoms with Crippen LogP contribution in [0.15, 0.2) is 0 Å². The molecule has 1 atom stereocenters. The normalized spacial score (nSPS) is 14.6. The highest BCUT2D eigenvalue weighted by molar-refractivity contribution is 5.75. The van der Waals surface area contributed by atoms with Crippen molar-refractivity contribution < 1.29 is 24.1 Å². The van der Waals surface area contributed by atoms with Crippen LogP contribution in [0.25, 0.3) is 0 Å². The summed E-state index contributed by atoms with van der Waals surface area (Å²) in [5.74, 6) is -0.888. The largest absolute Gasteiger partial charge is 0.481 e. The summed E-state index contributed by atoms with van der Waals surface area (Å²) in [5, 5.41) is 9.32. The minimum Gasteiger partial charge on any atom is -0.481 e. The molecular weight excluding hydrogens is 250 g/mol. The van der Waals surface area contributed by atoms with Gasteiger partial charge in [0.25, 0.3) is 0 Å². The summed E-state index contributed by atoms with van der Waals surface area (Å²) in [6.07, 6.45) is 0.411. The van der Waals surface area contributed by atoms with Crippen LogP contribution in [0.2, 0.25) is 0 Å². The van der Waals surface area contributed by atoms with Gasteiger partial charge in [-0.3, -0.25) is 4.79 Å². The van der Waals surface area contributed by atoms with Gasteiger partial charge in [-0.25, -0.2) is 0 Å². The number of aliphatic carboxylic acids is 1. The first kappa shape index (κ1) is 18.3. The van der Waals surface area contributed by atoms with E-state index in [9.17, 15) is 9.90 Å². The fraction of sp³-hybridized carbons (Fsp3) is 0.923. The SMILES string of the molecule is COCCOCCOCCC(CN)(C(=O)O)C(C)C. The Hall–Kier alpha value is -0.690. The van der Waals surface area contributed by atoms with Crippen molar-refractivity contribution in [1.29, 1.82) is 0 Å². The van der Waals surface area contributed by atoms with Crippen molar-refractivity contribution in [2.75, 3.05) is 46.7 Å². The van der Waals surface area contributed by atoms with Crippen molar-refractivity contribution >= 4 is 5.97 Å². The molecule has 1 unspecified atom stereocenters. The summed E-state index contributed by atoms with van der Waals surface area (Å²) in [6, 6.07) is 0. The van der Waals surface area contributed by atoms with Crippen LogP contribution < -0.4 is 5.73 Å². The minimum atomic E-state index is -0.906. The number of hydrogen-bond donors (Lipinski definition) is 2. The summed E-state index contributed by atoms with van der Waals surface area (Å²) >= 11 is 0. The van der Waals surface area contributed by atoms with E-state index >= 15 is 0 Å². The molecule has 0 aliphatic heterocycles. The second-order valence-corrected chi connectivity index (χ2v) is 4.79. The van der Waals surface area contributed by atoms with E-state index in [1.165, 1.54) is 0 Å². The first-order chi connectivity index (χ1) is 9.01. The molecule has 0 saturated carbocycles. The second kappa shape index (κ2) is 10.1. The molecule has 0 amide bonds. The Labute approximate surface area is 115 Å². The highest BCUT2D eigenvalue weighted by atomic mass is 16.5. The monoisotopic (exact) mass is 277 g/mol. The summed E-state index contributed by atoms with van der Waals surface area (Å²) in [5.41, 5.74) is 4.72. The zero-order chi connectivity index (χ0) is 14.7. The Bertz CT molecular complexity index is 247. The molecule has 6 nitrogen and oxygen atoms in total. The van der Waals surface area contributed by atoms with Gasteiger partial charge in [0.1, 0.15) is 0 Å². The van der Waals surface area contributed by atoms with E-state index in [0.29, 0.717) is 39.5 Å². The summed E-state index contributed by atoms with van der Waals surface area (Å²) < 4.78 is 15.5. The molecule has 0 fully saturated rings. The van der Waals surface area contributed by atoms with E-state index in [0.717, 1.165) is 0 Å². The maximum Gasteiger partial charge on any atom is 0.311 e. The van der Waals surface area contributed by atoms with E-state index < -0.39 is 11.4 Å². The van der Waals surface area contributed by atoms with Crippen LogP contribution in [0.1, 0.15) is 20.3 Å². The second-order valence-electron chi connectivity index (χ2n) is 4.79. The van der Waals surface area contributed by atoms with Gasteiger partial charge in [0.05, 0.1) is 31.8 Å². The molecule has 0 radical (unpaired) electrons. The Morgan fingerprint density at radius 2 is 1.68 bits per heavy atom. The topological polar surface area (TPSA) is 91.0 Å². The average Bonchev–Trinajstić information content (AvgIpc) is 2.36. The molecule has 0 bridgehead atoms. The number of nitrogens with two attached hydrogens (primary N) is 1. The lowest BCUT2D eigenvalue weighted by Crippen LogP contribution is -2.44. The molecule has 0 saturated heterocycles. The van der Waals surface area contributed by atoms with Gasteiger partial charge in [0, 0.05) is 20.3 Å². The molecule has 3 N–H and O–H groups in total. The van der Waals surface area contributed by atoms with Gasteiger partial charge < -0.3 is 25.1 Å². The van der Waals surface area contributed by atoms with Gasteiger partial charge in [-0.1, -0.05) is 13.8 Å². The lowest BCUT2D eigenvalue weighted by atomic mass is 9.75. The predicted octanol–water partition coefficient (Wildman–Crippen LogP) is 0.742. The van der Waals surface area contributed by atoms with Crippen LogP contribution in [-0.2, 0) is 19.0 Å². The number of hydrogen-bond acceptors (Lipinski definition) is 5. The molecule has 114 valence electrons. The highest BCUT2D eigenvalue weighted by Gasteiger charge is 2.39. The van der Waals surface area contributed by atoms with E-state index in [-0.39, 0.29) is 12.5 Å². The molecule has 0 spiro atoms. The molecule has 0 aliphatic rings. The fourth-order valence-electron chi connectivity index (χ4n) is 1.79. The number of methoxy groups -OCH3 is 1. The van der Waals surface area contributed by atoms with Crippen LogP contribution in [0.3, 0.4) is 0 Å². The number of rotatable bonds is 12. The lowest BCUT2D eigenvalue weighted by molar-refractivity contribution is -0.152. The van der Waals surface area contributed by atoms with Crippen molar-refractivity contribution in [3.05, 3.63) is 0 Å². The van der Waals surface area contributed by atoms with E-state index in [1.807, 2.05) is 13.8 Å². The van der Waals surface area contributed by atoms with Gasteiger partial charge in [0.2, 0.25) is 0 Å². The number of carboxylic acid groups (broad SMARTS) is 1.